The highest BCUT2D eigenvalue weighted by Crippen LogP contribution is 2.36. The van der Waals surface area contributed by atoms with Crippen LogP contribution in [0.15, 0.2) is 30.3 Å². The van der Waals surface area contributed by atoms with Gasteiger partial charge in [0.25, 0.3) is 0 Å². The fourth-order valence-corrected chi connectivity index (χ4v) is 2.71. The Hall–Kier alpha value is -0.683. The largest absolute Gasteiger partial charge is 0.417 e. The molecule has 0 fully saturated rings. The van der Waals surface area contributed by atoms with Crippen molar-refractivity contribution in [3.63, 3.8) is 0 Å². The number of benzene rings is 1. The van der Waals surface area contributed by atoms with Crippen LogP contribution in [0.2, 0.25) is 18.1 Å². The lowest BCUT2D eigenvalue weighted by atomic mass is 10.2. The van der Waals surface area contributed by atoms with Gasteiger partial charge in [-0.1, -0.05) is 51.1 Å². The van der Waals surface area contributed by atoms with Gasteiger partial charge in [-0.2, -0.15) is 0 Å². The summed E-state index contributed by atoms with van der Waals surface area (Å²) in [6.45, 7) is 13.8. The van der Waals surface area contributed by atoms with E-state index in [1.807, 2.05) is 18.2 Å². The second-order valence-corrected chi connectivity index (χ2v) is 11.8. The summed E-state index contributed by atoms with van der Waals surface area (Å²) in [5, 5.41) is 0.296. The molecule has 3 nitrogen and oxygen atoms in total. The molecule has 0 atom stereocenters. The van der Waals surface area contributed by atoms with Crippen molar-refractivity contribution in [1.29, 1.82) is 0 Å². The number of hydrogen-bond acceptors (Lipinski definition) is 3. The van der Waals surface area contributed by atoms with Crippen LogP contribution < -0.4 is 5.48 Å². The highest BCUT2D eigenvalue weighted by atomic mass is 28.4. The number of hydroxylamine groups is 1. The molecule has 0 unspecified atom stereocenters. The van der Waals surface area contributed by atoms with Crippen molar-refractivity contribution in [3.05, 3.63) is 35.9 Å². The predicted molar refractivity (Wildman–Crippen MR) is 91.6 cm³/mol. The molecule has 0 aliphatic heterocycles. The maximum atomic E-state index is 6.14. The second kappa shape index (κ2) is 8.69. The Morgan fingerprint density at radius 3 is 2.33 bits per heavy atom. The molecule has 21 heavy (non-hydrogen) atoms. The molecule has 0 aliphatic carbocycles. The van der Waals surface area contributed by atoms with Crippen LogP contribution in [-0.4, -0.2) is 21.5 Å². The number of nitrogens with one attached hydrogen (secondary N) is 1. The zero-order chi connectivity index (χ0) is 15.8. The topological polar surface area (TPSA) is 30.5 Å². The van der Waals surface area contributed by atoms with Gasteiger partial charge in [0.15, 0.2) is 8.32 Å². The molecule has 0 aromatic heterocycles. The molecule has 0 saturated carbocycles. The lowest BCUT2D eigenvalue weighted by Gasteiger charge is -2.36. The summed E-state index contributed by atoms with van der Waals surface area (Å²) in [7, 11) is -1.58. The molecular weight excluding hydrogens is 278 g/mol. The minimum absolute atomic E-state index is 0.296. The summed E-state index contributed by atoms with van der Waals surface area (Å²) in [5.74, 6) is 0. The molecule has 1 N–H and O–H groups in total. The number of hydrogen-bond donors (Lipinski definition) is 1. The monoisotopic (exact) mass is 309 g/mol. The predicted octanol–water partition coefficient (Wildman–Crippen LogP) is 4.51. The summed E-state index contributed by atoms with van der Waals surface area (Å²) in [4.78, 5) is 5.44. The lowest BCUT2D eigenvalue weighted by Crippen LogP contribution is -2.41. The molecule has 1 aromatic rings. The summed E-state index contributed by atoms with van der Waals surface area (Å²) in [5.41, 5.74) is 4.20. The molecule has 0 radical (unpaired) electrons. The molecule has 0 bridgehead atoms. The van der Waals surface area contributed by atoms with Gasteiger partial charge in [0, 0.05) is 13.2 Å². The third-order valence-electron chi connectivity index (χ3n) is 4.13. The first kappa shape index (κ1) is 18.4. The summed E-state index contributed by atoms with van der Waals surface area (Å²) in [6.07, 6.45) is 2.15. The van der Waals surface area contributed by atoms with Gasteiger partial charge >= 0.3 is 0 Å². The van der Waals surface area contributed by atoms with Gasteiger partial charge in [-0.25, -0.2) is 5.48 Å². The Kier molecular flexibility index (Phi) is 7.60. The molecule has 0 heterocycles. The molecule has 4 heteroatoms. The van der Waals surface area contributed by atoms with E-state index in [0.717, 1.165) is 26.0 Å². The van der Waals surface area contributed by atoms with Crippen molar-refractivity contribution in [2.75, 3.05) is 13.2 Å². The fourth-order valence-electron chi connectivity index (χ4n) is 1.62. The second-order valence-electron chi connectivity index (χ2n) is 6.98. The van der Waals surface area contributed by atoms with Gasteiger partial charge in [-0.15, -0.1) is 0 Å². The standard InChI is InChI=1S/C17H31NO2Si/c1-17(2,3)21(4,5)20-14-10-9-13-18-19-15-16-11-7-6-8-12-16/h6-8,11-12,18H,9-10,13-15H2,1-5H3. The first-order valence-electron chi connectivity index (χ1n) is 7.85. The van der Waals surface area contributed by atoms with Crippen LogP contribution in [0.4, 0.5) is 0 Å². The van der Waals surface area contributed by atoms with Gasteiger partial charge < -0.3 is 4.43 Å². The molecule has 0 spiro atoms. The van der Waals surface area contributed by atoms with Crippen LogP contribution >= 0.6 is 0 Å². The maximum absolute atomic E-state index is 6.14. The van der Waals surface area contributed by atoms with Crippen molar-refractivity contribution >= 4 is 8.32 Å². The maximum Gasteiger partial charge on any atom is 0.191 e. The van der Waals surface area contributed by atoms with Gasteiger partial charge in [-0.05, 0) is 36.5 Å². The average Bonchev–Trinajstić information content (AvgIpc) is 2.41. The van der Waals surface area contributed by atoms with E-state index >= 15 is 0 Å². The van der Waals surface area contributed by atoms with E-state index in [-0.39, 0.29) is 0 Å². The first-order chi connectivity index (χ1) is 9.83. The Bertz CT molecular complexity index is 388. The molecule has 120 valence electrons. The summed E-state index contributed by atoms with van der Waals surface area (Å²) < 4.78 is 6.14. The minimum atomic E-state index is -1.58. The van der Waals surface area contributed by atoms with Gasteiger partial charge in [-0.3, -0.25) is 4.84 Å². The van der Waals surface area contributed by atoms with Gasteiger partial charge in [0.2, 0.25) is 0 Å². The highest BCUT2D eigenvalue weighted by Gasteiger charge is 2.36. The van der Waals surface area contributed by atoms with Gasteiger partial charge in [0.05, 0.1) is 6.61 Å². The first-order valence-corrected chi connectivity index (χ1v) is 10.8. The normalized spacial score (nSPS) is 12.6. The van der Waals surface area contributed by atoms with Gasteiger partial charge in [0.1, 0.15) is 0 Å². The quantitative estimate of drug-likeness (QED) is 0.413. The lowest BCUT2D eigenvalue weighted by molar-refractivity contribution is 0.0267. The average molecular weight is 310 g/mol. The van der Waals surface area contributed by atoms with Crippen LogP contribution in [0.3, 0.4) is 0 Å². The number of unbranched alkanes of at least 4 members (excludes halogenated alkanes) is 1. The fraction of sp³-hybridized carbons (Fsp3) is 0.647. The minimum Gasteiger partial charge on any atom is -0.417 e. The molecule has 1 rings (SSSR count). The Morgan fingerprint density at radius 1 is 1.05 bits per heavy atom. The number of rotatable bonds is 9. The highest BCUT2D eigenvalue weighted by molar-refractivity contribution is 6.74. The van der Waals surface area contributed by atoms with Crippen molar-refractivity contribution < 1.29 is 9.26 Å². The zero-order valence-corrected chi connectivity index (χ0v) is 15.2. The summed E-state index contributed by atoms with van der Waals surface area (Å²) >= 11 is 0. The van der Waals surface area contributed by atoms with Crippen molar-refractivity contribution in [1.82, 2.24) is 5.48 Å². The van der Waals surface area contributed by atoms with Crippen LogP contribution in [0.5, 0.6) is 0 Å². The Balaban J connectivity index is 2.00. The van der Waals surface area contributed by atoms with E-state index in [0.29, 0.717) is 11.6 Å². The third-order valence-corrected chi connectivity index (χ3v) is 8.66. The zero-order valence-electron chi connectivity index (χ0n) is 14.2. The van der Waals surface area contributed by atoms with Crippen LogP contribution in [0.1, 0.15) is 39.2 Å². The van der Waals surface area contributed by atoms with Crippen molar-refractivity contribution in [2.24, 2.45) is 0 Å². The van der Waals surface area contributed by atoms with Crippen LogP contribution in [0, 0.1) is 0 Å². The van der Waals surface area contributed by atoms with E-state index in [1.165, 1.54) is 5.56 Å². The van der Waals surface area contributed by atoms with Crippen molar-refractivity contribution in [2.45, 2.75) is 58.4 Å². The molecule has 0 saturated heterocycles. The van der Waals surface area contributed by atoms with E-state index in [2.05, 4.69) is 51.5 Å². The van der Waals surface area contributed by atoms with Crippen LogP contribution in [0.25, 0.3) is 0 Å². The molecule has 1 aromatic carbocycles. The molecular formula is C17H31NO2Si. The third kappa shape index (κ3) is 7.22. The smallest absolute Gasteiger partial charge is 0.191 e. The van der Waals surface area contributed by atoms with E-state index < -0.39 is 8.32 Å². The van der Waals surface area contributed by atoms with E-state index in [4.69, 9.17) is 9.26 Å². The Labute approximate surface area is 131 Å². The van der Waals surface area contributed by atoms with E-state index in [9.17, 15) is 0 Å². The van der Waals surface area contributed by atoms with Crippen molar-refractivity contribution in [3.8, 4) is 0 Å². The summed E-state index contributed by atoms with van der Waals surface area (Å²) in [6, 6.07) is 10.2. The molecule has 0 amide bonds. The van der Waals surface area contributed by atoms with Crippen LogP contribution in [-0.2, 0) is 15.9 Å². The van der Waals surface area contributed by atoms with E-state index in [1.54, 1.807) is 0 Å². The molecule has 0 aliphatic rings. The Morgan fingerprint density at radius 2 is 1.71 bits per heavy atom. The SMILES string of the molecule is CC(C)(C)[Si](C)(C)OCCCCNOCc1ccccc1.